The smallest absolute Gasteiger partial charge is 0.341 e. The Morgan fingerprint density at radius 3 is 2.57 bits per heavy atom. The van der Waals surface area contributed by atoms with Gasteiger partial charge >= 0.3 is 5.97 Å². The van der Waals surface area contributed by atoms with Gasteiger partial charge in [0, 0.05) is 25.4 Å². The molecule has 1 atom stereocenters. The van der Waals surface area contributed by atoms with Gasteiger partial charge in [-0.1, -0.05) is 0 Å². The Balaban J connectivity index is 2.68. The van der Waals surface area contributed by atoms with Crippen LogP contribution in [0.25, 0.3) is 0 Å². The van der Waals surface area contributed by atoms with Crippen LogP contribution in [-0.4, -0.2) is 38.2 Å². The molecule has 0 bridgehead atoms. The standard InChI is InChI=1S/C13H16F2N2O4/c1-7(12(18)17-3-4-20-2)21-13(19)8-5-9(14)10(15)6-11(8)16/h5-7H,3-4,16H2,1-2H3,(H,17,18). The molecule has 0 radical (unpaired) electrons. The SMILES string of the molecule is COCCNC(=O)C(C)OC(=O)c1cc(F)c(F)cc1N. The second-order valence-electron chi connectivity index (χ2n) is 4.18. The van der Waals surface area contributed by atoms with Crippen molar-refractivity contribution in [2.24, 2.45) is 0 Å². The number of nitrogen functional groups attached to an aromatic ring is 1. The van der Waals surface area contributed by atoms with Gasteiger partial charge in [-0.15, -0.1) is 0 Å². The fraction of sp³-hybridized carbons (Fsp3) is 0.385. The largest absolute Gasteiger partial charge is 0.449 e. The van der Waals surface area contributed by atoms with Gasteiger partial charge in [-0.05, 0) is 13.0 Å². The maximum absolute atomic E-state index is 13.1. The van der Waals surface area contributed by atoms with Gasteiger partial charge in [-0.25, -0.2) is 13.6 Å². The predicted molar refractivity (Wildman–Crippen MR) is 70.5 cm³/mol. The Bertz CT molecular complexity index is 537. The molecule has 6 nitrogen and oxygen atoms in total. The van der Waals surface area contributed by atoms with E-state index < -0.39 is 29.6 Å². The maximum Gasteiger partial charge on any atom is 0.341 e. The highest BCUT2D eigenvalue weighted by atomic mass is 19.2. The zero-order chi connectivity index (χ0) is 16.0. The van der Waals surface area contributed by atoms with Crippen LogP contribution in [-0.2, 0) is 14.3 Å². The van der Waals surface area contributed by atoms with E-state index in [-0.39, 0.29) is 17.8 Å². The zero-order valence-electron chi connectivity index (χ0n) is 11.6. The highest BCUT2D eigenvalue weighted by Crippen LogP contribution is 2.18. The molecule has 1 amide bonds. The number of ether oxygens (including phenoxy) is 2. The monoisotopic (exact) mass is 302 g/mol. The summed E-state index contributed by atoms with van der Waals surface area (Å²) in [6, 6.07) is 1.30. The average molecular weight is 302 g/mol. The number of nitrogens with two attached hydrogens (primary N) is 1. The van der Waals surface area contributed by atoms with Crippen molar-refractivity contribution in [1.82, 2.24) is 5.32 Å². The molecule has 0 aromatic heterocycles. The van der Waals surface area contributed by atoms with Crippen molar-refractivity contribution in [3.63, 3.8) is 0 Å². The molecule has 0 aliphatic carbocycles. The summed E-state index contributed by atoms with van der Waals surface area (Å²) < 4.78 is 35.6. The third-order valence-electron chi connectivity index (χ3n) is 2.57. The number of carbonyl (C=O) groups excluding carboxylic acids is 2. The third kappa shape index (κ3) is 4.67. The summed E-state index contributed by atoms with van der Waals surface area (Å²) in [6.07, 6.45) is -1.11. The quantitative estimate of drug-likeness (QED) is 0.462. The Morgan fingerprint density at radius 2 is 1.95 bits per heavy atom. The van der Waals surface area contributed by atoms with E-state index in [0.29, 0.717) is 18.7 Å². The predicted octanol–water partition coefficient (Wildman–Crippen LogP) is 0.855. The van der Waals surface area contributed by atoms with E-state index in [4.69, 9.17) is 15.2 Å². The summed E-state index contributed by atoms with van der Waals surface area (Å²) in [5, 5.41) is 2.47. The number of rotatable bonds is 6. The average Bonchev–Trinajstić information content (AvgIpc) is 2.42. The lowest BCUT2D eigenvalue weighted by Gasteiger charge is -2.14. The first-order valence-corrected chi connectivity index (χ1v) is 6.09. The van der Waals surface area contributed by atoms with Crippen LogP contribution in [0.1, 0.15) is 17.3 Å². The summed E-state index contributed by atoms with van der Waals surface area (Å²) in [4.78, 5) is 23.4. The Hall–Kier alpha value is -2.22. The number of methoxy groups -OCH3 is 1. The molecule has 1 rings (SSSR count). The Kier molecular flexibility index (Phi) is 6.04. The van der Waals surface area contributed by atoms with Gasteiger partial charge in [0.25, 0.3) is 5.91 Å². The van der Waals surface area contributed by atoms with Crippen molar-refractivity contribution in [2.45, 2.75) is 13.0 Å². The number of esters is 1. The van der Waals surface area contributed by atoms with Gasteiger partial charge < -0.3 is 20.5 Å². The van der Waals surface area contributed by atoms with Crippen molar-refractivity contribution in [3.8, 4) is 0 Å². The number of nitrogens with one attached hydrogen (secondary N) is 1. The molecule has 0 aliphatic rings. The van der Waals surface area contributed by atoms with E-state index in [1.165, 1.54) is 14.0 Å². The molecule has 8 heteroatoms. The van der Waals surface area contributed by atoms with Crippen LogP contribution in [0.5, 0.6) is 0 Å². The van der Waals surface area contributed by atoms with Gasteiger partial charge in [0.05, 0.1) is 12.2 Å². The molecule has 0 heterocycles. The molecule has 0 saturated heterocycles. The minimum atomic E-state index is -1.23. The molecular formula is C13H16F2N2O4. The van der Waals surface area contributed by atoms with Crippen LogP contribution < -0.4 is 11.1 Å². The lowest BCUT2D eigenvalue weighted by Crippen LogP contribution is -2.37. The molecule has 1 aromatic carbocycles. The van der Waals surface area contributed by atoms with Gasteiger partial charge in [0.15, 0.2) is 17.7 Å². The normalized spacial score (nSPS) is 11.8. The van der Waals surface area contributed by atoms with Crippen LogP contribution >= 0.6 is 0 Å². The number of hydrogen-bond donors (Lipinski definition) is 2. The summed E-state index contributed by atoms with van der Waals surface area (Å²) in [5.41, 5.74) is 4.80. The molecule has 21 heavy (non-hydrogen) atoms. The van der Waals surface area contributed by atoms with E-state index >= 15 is 0 Å². The first-order valence-electron chi connectivity index (χ1n) is 6.09. The first-order chi connectivity index (χ1) is 9.86. The highest BCUT2D eigenvalue weighted by Gasteiger charge is 2.21. The number of carbonyl (C=O) groups is 2. The van der Waals surface area contributed by atoms with Crippen LogP contribution in [0, 0.1) is 11.6 Å². The summed E-state index contributed by atoms with van der Waals surface area (Å²) in [6.45, 7) is 1.91. The van der Waals surface area contributed by atoms with Crippen LogP contribution in [0.3, 0.4) is 0 Å². The first kappa shape index (κ1) is 16.8. The fourth-order valence-electron chi connectivity index (χ4n) is 1.44. The molecule has 116 valence electrons. The summed E-state index contributed by atoms with van der Waals surface area (Å²) in [7, 11) is 1.47. The number of amides is 1. The lowest BCUT2D eigenvalue weighted by atomic mass is 10.1. The summed E-state index contributed by atoms with van der Waals surface area (Å²) in [5.74, 6) is -3.95. The van der Waals surface area contributed by atoms with Crippen LogP contribution in [0.4, 0.5) is 14.5 Å². The second-order valence-corrected chi connectivity index (χ2v) is 4.18. The van der Waals surface area contributed by atoms with Crippen molar-refractivity contribution >= 4 is 17.6 Å². The minimum absolute atomic E-state index is 0.255. The molecule has 0 spiro atoms. The second kappa shape index (κ2) is 7.53. The Morgan fingerprint density at radius 1 is 1.33 bits per heavy atom. The van der Waals surface area contributed by atoms with E-state index in [1.54, 1.807) is 0 Å². The van der Waals surface area contributed by atoms with E-state index in [2.05, 4.69) is 5.32 Å². The van der Waals surface area contributed by atoms with Crippen LogP contribution in [0.15, 0.2) is 12.1 Å². The molecule has 0 aliphatic heterocycles. The van der Waals surface area contributed by atoms with Crippen molar-refractivity contribution in [2.75, 3.05) is 26.0 Å². The lowest BCUT2D eigenvalue weighted by molar-refractivity contribution is -0.129. The Labute approximate surface area is 120 Å². The number of hydrogen-bond acceptors (Lipinski definition) is 5. The number of benzene rings is 1. The van der Waals surface area contributed by atoms with Gasteiger partial charge in [-0.2, -0.15) is 0 Å². The van der Waals surface area contributed by atoms with Crippen LogP contribution in [0.2, 0.25) is 0 Å². The van der Waals surface area contributed by atoms with Crippen molar-refractivity contribution in [1.29, 1.82) is 0 Å². The molecule has 0 saturated carbocycles. The number of halogens is 2. The van der Waals surface area contributed by atoms with Gasteiger partial charge in [0.2, 0.25) is 0 Å². The molecule has 0 fully saturated rings. The zero-order valence-corrected chi connectivity index (χ0v) is 11.6. The van der Waals surface area contributed by atoms with E-state index in [9.17, 15) is 18.4 Å². The molecular weight excluding hydrogens is 286 g/mol. The fourth-order valence-corrected chi connectivity index (χ4v) is 1.44. The topological polar surface area (TPSA) is 90.6 Å². The minimum Gasteiger partial charge on any atom is -0.449 e. The molecule has 3 N–H and O–H groups in total. The molecule has 1 unspecified atom stereocenters. The summed E-state index contributed by atoms with van der Waals surface area (Å²) >= 11 is 0. The van der Waals surface area contributed by atoms with Crippen molar-refractivity contribution in [3.05, 3.63) is 29.3 Å². The van der Waals surface area contributed by atoms with Gasteiger partial charge in [-0.3, -0.25) is 4.79 Å². The third-order valence-corrected chi connectivity index (χ3v) is 2.57. The van der Waals surface area contributed by atoms with E-state index in [0.717, 1.165) is 0 Å². The van der Waals surface area contributed by atoms with Crippen molar-refractivity contribution < 1.29 is 27.8 Å². The highest BCUT2D eigenvalue weighted by molar-refractivity contribution is 5.96. The maximum atomic E-state index is 13.1. The van der Waals surface area contributed by atoms with E-state index in [1.807, 2.05) is 0 Å². The van der Waals surface area contributed by atoms with Gasteiger partial charge in [0.1, 0.15) is 0 Å². The number of anilines is 1. The molecule has 1 aromatic rings.